The highest BCUT2D eigenvalue weighted by molar-refractivity contribution is 14.0. The lowest BCUT2D eigenvalue weighted by atomic mass is 10.2. The van der Waals surface area contributed by atoms with E-state index in [9.17, 15) is 4.79 Å². The maximum atomic E-state index is 12.3. The van der Waals surface area contributed by atoms with Crippen molar-refractivity contribution < 1.29 is 4.74 Å². The zero-order valence-electron chi connectivity index (χ0n) is 17.2. The van der Waals surface area contributed by atoms with Crippen LogP contribution in [0.3, 0.4) is 0 Å². The van der Waals surface area contributed by atoms with E-state index in [1.54, 1.807) is 11.7 Å². The largest absolute Gasteiger partial charge is 0.492 e. The van der Waals surface area contributed by atoms with E-state index in [0.717, 1.165) is 62.9 Å². The molecule has 1 aromatic heterocycles. The van der Waals surface area contributed by atoms with E-state index >= 15 is 0 Å². The predicted molar refractivity (Wildman–Crippen MR) is 125 cm³/mol. The van der Waals surface area contributed by atoms with Crippen LogP contribution in [-0.4, -0.2) is 59.0 Å². The fraction of sp³-hybridized carbons (Fsp3) is 0.550. The molecule has 2 aromatic rings. The number of aliphatic imine (C=N–C) groups is 1. The summed E-state index contributed by atoms with van der Waals surface area (Å²) in [4.78, 5) is 18.7. The molecule has 0 bridgehead atoms. The van der Waals surface area contributed by atoms with Gasteiger partial charge in [-0.1, -0.05) is 18.2 Å². The van der Waals surface area contributed by atoms with Gasteiger partial charge in [0.1, 0.15) is 18.2 Å². The molecule has 0 saturated carbocycles. The van der Waals surface area contributed by atoms with Gasteiger partial charge in [0.05, 0.1) is 6.54 Å². The average Bonchev–Trinajstić information content (AvgIpc) is 3.04. The van der Waals surface area contributed by atoms with Gasteiger partial charge >= 0.3 is 5.69 Å². The molecule has 1 aliphatic rings. The second-order valence-corrected chi connectivity index (χ2v) is 6.94. The first-order chi connectivity index (χ1) is 13.7. The monoisotopic (exact) mass is 514 g/mol. The van der Waals surface area contributed by atoms with Gasteiger partial charge in [-0.15, -0.1) is 24.0 Å². The Morgan fingerprint density at radius 3 is 2.83 bits per heavy atom. The summed E-state index contributed by atoms with van der Waals surface area (Å²) in [5, 5.41) is 7.81. The molecule has 0 amide bonds. The summed E-state index contributed by atoms with van der Waals surface area (Å²) in [6.07, 6.45) is 3.90. The summed E-state index contributed by atoms with van der Waals surface area (Å²) in [6, 6.07) is 9.78. The number of nitrogens with zero attached hydrogens (tertiary/aromatic N) is 5. The molecule has 0 unspecified atom stereocenters. The molecule has 0 atom stereocenters. The van der Waals surface area contributed by atoms with E-state index in [1.807, 2.05) is 46.8 Å². The van der Waals surface area contributed by atoms with Gasteiger partial charge < -0.3 is 15.0 Å². The third-order valence-electron chi connectivity index (χ3n) is 4.87. The molecule has 0 fully saturated rings. The van der Waals surface area contributed by atoms with Crippen LogP contribution in [0.5, 0.6) is 5.75 Å². The van der Waals surface area contributed by atoms with E-state index in [2.05, 4.69) is 15.4 Å². The number of likely N-dealkylation sites (N-methyl/N-ethyl adjacent to an activating group) is 1. The molecule has 1 aromatic carbocycles. The van der Waals surface area contributed by atoms with E-state index in [1.165, 1.54) is 0 Å². The summed E-state index contributed by atoms with van der Waals surface area (Å²) in [5.41, 5.74) is 0.0225. The van der Waals surface area contributed by atoms with Gasteiger partial charge in [0.25, 0.3) is 0 Å². The van der Waals surface area contributed by atoms with Crippen LogP contribution in [0.4, 0.5) is 0 Å². The van der Waals surface area contributed by atoms with Gasteiger partial charge in [-0.25, -0.2) is 9.48 Å². The fourth-order valence-electron chi connectivity index (χ4n) is 3.33. The van der Waals surface area contributed by atoms with Crippen molar-refractivity contribution in [1.82, 2.24) is 24.6 Å². The maximum absolute atomic E-state index is 12.3. The van der Waals surface area contributed by atoms with Gasteiger partial charge in [-0.2, -0.15) is 5.10 Å². The highest BCUT2D eigenvalue weighted by Gasteiger charge is 2.16. The van der Waals surface area contributed by atoms with Crippen molar-refractivity contribution in [3.05, 3.63) is 46.6 Å². The molecule has 8 nitrogen and oxygen atoms in total. The predicted octanol–water partition coefficient (Wildman–Crippen LogP) is 1.98. The van der Waals surface area contributed by atoms with Crippen LogP contribution < -0.4 is 15.7 Å². The number of aromatic nitrogens is 3. The molecule has 1 aliphatic heterocycles. The summed E-state index contributed by atoms with van der Waals surface area (Å²) in [6.45, 7) is 3.45. The molecule has 2 heterocycles. The third kappa shape index (κ3) is 6.48. The Labute approximate surface area is 189 Å². The lowest BCUT2D eigenvalue weighted by molar-refractivity contribution is 0.281. The summed E-state index contributed by atoms with van der Waals surface area (Å²) >= 11 is 0. The molecule has 0 spiro atoms. The standard InChI is InChI=1S/C20H30N6O2.HI/c1-21-19(24(2)15-16-28-17-9-4-3-5-10-17)22-12-8-14-26-20(27)25-13-7-6-11-18(25)23-26;/h3-5,9-10H,6-8,11-16H2,1-2H3,(H,21,22);1H. The third-order valence-corrected chi connectivity index (χ3v) is 4.87. The van der Waals surface area contributed by atoms with Gasteiger partial charge in [0.2, 0.25) is 0 Å². The molecule has 3 rings (SSSR count). The molecule has 9 heteroatoms. The van der Waals surface area contributed by atoms with Crippen molar-refractivity contribution in [2.45, 2.75) is 38.8 Å². The number of halogens is 1. The minimum absolute atomic E-state index is 0. The number of guanidine groups is 1. The van der Waals surface area contributed by atoms with Gasteiger partial charge in [0.15, 0.2) is 5.96 Å². The Morgan fingerprint density at radius 2 is 2.10 bits per heavy atom. The quantitative estimate of drug-likeness (QED) is 0.253. The number of hydrogen-bond acceptors (Lipinski definition) is 4. The Kier molecular flexibility index (Phi) is 9.49. The molecular weight excluding hydrogens is 483 g/mol. The first kappa shape index (κ1) is 23.2. The first-order valence-corrected chi connectivity index (χ1v) is 9.95. The summed E-state index contributed by atoms with van der Waals surface area (Å²) in [7, 11) is 3.75. The topological polar surface area (TPSA) is 76.7 Å². The lowest BCUT2D eigenvalue weighted by Gasteiger charge is -2.22. The Bertz CT molecular complexity index is 833. The fourth-order valence-corrected chi connectivity index (χ4v) is 3.33. The molecule has 29 heavy (non-hydrogen) atoms. The van der Waals surface area contributed by atoms with Crippen LogP contribution in [0.2, 0.25) is 0 Å². The van der Waals surface area contributed by atoms with Crippen molar-refractivity contribution in [2.24, 2.45) is 4.99 Å². The average molecular weight is 514 g/mol. The number of rotatable bonds is 8. The van der Waals surface area contributed by atoms with Crippen LogP contribution in [0.25, 0.3) is 0 Å². The Hall–Kier alpha value is -2.04. The van der Waals surface area contributed by atoms with Crippen LogP contribution in [0, 0.1) is 0 Å². The van der Waals surface area contributed by atoms with Crippen molar-refractivity contribution in [2.75, 3.05) is 33.8 Å². The highest BCUT2D eigenvalue weighted by atomic mass is 127. The summed E-state index contributed by atoms with van der Waals surface area (Å²) in [5.74, 6) is 2.61. The SMILES string of the molecule is CN=C(NCCCn1nc2n(c1=O)CCCC2)N(C)CCOc1ccccc1.I. The normalized spacial score (nSPS) is 13.4. The molecule has 1 N–H and O–H groups in total. The van der Waals surface area contributed by atoms with E-state index in [4.69, 9.17) is 4.74 Å². The zero-order valence-corrected chi connectivity index (χ0v) is 19.5. The molecule has 0 aliphatic carbocycles. The second kappa shape index (κ2) is 11.8. The lowest BCUT2D eigenvalue weighted by Crippen LogP contribution is -2.41. The Morgan fingerprint density at radius 1 is 1.31 bits per heavy atom. The number of benzene rings is 1. The van der Waals surface area contributed by atoms with E-state index < -0.39 is 0 Å². The number of para-hydroxylation sites is 1. The number of nitrogens with one attached hydrogen (secondary N) is 1. The van der Waals surface area contributed by atoms with Crippen LogP contribution in [-0.2, 0) is 19.5 Å². The number of fused-ring (bicyclic) bond motifs is 1. The number of aryl methyl sites for hydroxylation is 2. The first-order valence-electron chi connectivity index (χ1n) is 9.95. The smallest absolute Gasteiger partial charge is 0.345 e. The van der Waals surface area contributed by atoms with Gasteiger partial charge in [-0.05, 0) is 31.4 Å². The minimum atomic E-state index is 0. The van der Waals surface area contributed by atoms with Crippen molar-refractivity contribution >= 4 is 29.9 Å². The van der Waals surface area contributed by atoms with Crippen molar-refractivity contribution in [3.8, 4) is 5.75 Å². The number of ether oxygens (including phenoxy) is 1. The zero-order chi connectivity index (χ0) is 19.8. The summed E-state index contributed by atoms with van der Waals surface area (Å²) < 4.78 is 9.15. The highest BCUT2D eigenvalue weighted by Crippen LogP contribution is 2.09. The molecular formula is C20H31IN6O2. The van der Waals surface area contributed by atoms with Crippen LogP contribution in [0.15, 0.2) is 40.1 Å². The maximum Gasteiger partial charge on any atom is 0.345 e. The molecule has 0 saturated heterocycles. The number of hydrogen-bond donors (Lipinski definition) is 1. The van der Waals surface area contributed by atoms with Crippen LogP contribution in [0.1, 0.15) is 25.1 Å². The van der Waals surface area contributed by atoms with Crippen LogP contribution >= 0.6 is 24.0 Å². The van der Waals surface area contributed by atoms with E-state index in [0.29, 0.717) is 13.2 Å². The van der Waals surface area contributed by atoms with Gasteiger partial charge in [0, 0.05) is 40.2 Å². The van der Waals surface area contributed by atoms with Gasteiger partial charge in [-0.3, -0.25) is 9.56 Å². The van der Waals surface area contributed by atoms with E-state index in [-0.39, 0.29) is 29.7 Å². The Balaban J connectivity index is 0.00000300. The second-order valence-electron chi connectivity index (χ2n) is 6.94. The molecule has 160 valence electrons. The van der Waals surface area contributed by atoms with Crippen molar-refractivity contribution in [3.63, 3.8) is 0 Å². The minimum Gasteiger partial charge on any atom is -0.492 e. The van der Waals surface area contributed by atoms with Crippen molar-refractivity contribution in [1.29, 1.82) is 0 Å². The molecule has 0 radical (unpaired) electrons.